The fraction of sp³-hybridized carbons (Fsp3) is 0.364. The van der Waals surface area contributed by atoms with Gasteiger partial charge in [-0.05, 0) is 23.8 Å². The van der Waals surface area contributed by atoms with Gasteiger partial charge in [-0.25, -0.2) is 13.4 Å². The average Bonchev–Trinajstić information content (AvgIpc) is 3.23. The van der Waals surface area contributed by atoms with Crippen LogP contribution in [0.1, 0.15) is 21.7 Å². The summed E-state index contributed by atoms with van der Waals surface area (Å²) in [7, 11) is -0.955. The summed E-state index contributed by atoms with van der Waals surface area (Å²) in [6, 6.07) is 13.9. The van der Waals surface area contributed by atoms with E-state index >= 15 is 0 Å². The van der Waals surface area contributed by atoms with Gasteiger partial charge in [-0.1, -0.05) is 24.3 Å². The minimum absolute atomic E-state index is 0.0211. The number of hydrogen-bond acceptors (Lipinski definition) is 5. The molecule has 2 aliphatic heterocycles. The second-order valence-corrected chi connectivity index (χ2v) is 10.3. The highest BCUT2D eigenvalue weighted by Gasteiger charge is 2.33. The molecule has 1 aromatic heterocycles. The number of imidazole rings is 1. The third-order valence-electron chi connectivity index (χ3n) is 6.16. The lowest BCUT2D eigenvalue weighted by molar-refractivity contribution is 0.0780. The first-order valence-electron chi connectivity index (χ1n) is 10.2. The number of aromatic nitrogens is 2. The second kappa shape index (κ2) is 7.12. The van der Waals surface area contributed by atoms with E-state index in [2.05, 4.69) is 4.57 Å². The van der Waals surface area contributed by atoms with Crippen molar-refractivity contribution < 1.29 is 13.2 Å². The molecule has 1 fully saturated rings. The molecule has 7 nitrogen and oxygen atoms in total. The third kappa shape index (κ3) is 3.25. The maximum atomic E-state index is 13.2. The van der Waals surface area contributed by atoms with Crippen LogP contribution in [0.3, 0.4) is 0 Å². The minimum Gasteiger partial charge on any atom is -0.369 e. The van der Waals surface area contributed by atoms with Crippen molar-refractivity contribution in [3.8, 4) is 0 Å². The van der Waals surface area contributed by atoms with E-state index in [1.54, 1.807) is 0 Å². The SMILES string of the molecule is Cn1c(CCN2Cc3cccc(N4CCS(=O)(=O)CC4)c3C2=O)nc2ccccc21. The summed E-state index contributed by atoms with van der Waals surface area (Å²) in [6.45, 7) is 2.05. The average molecular weight is 425 g/mol. The Morgan fingerprint density at radius 3 is 2.57 bits per heavy atom. The van der Waals surface area contributed by atoms with Gasteiger partial charge in [0.1, 0.15) is 5.82 Å². The Balaban J connectivity index is 1.35. The highest BCUT2D eigenvalue weighted by atomic mass is 32.2. The Morgan fingerprint density at radius 2 is 1.80 bits per heavy atom. The molecule has 2 aliphatic rings. The van der Waals surface area contributed by atoms with E-state index in [-0.39, 0.29) is 17.4 Å². The molecule has 0 aliphatic carbocycles. The lowest BCUT2D eigenvalue weighted by atomic mass is 10.1. The monoisotopic (exact) mass is 424 g/mol. The number of rotatable bonds is 4. The molecule has 0 N–H and O–H groups in total. The van der Waals surface area contributed by atoms with Crippen LogP contribution in [-0.2, 0) is 29.9 Å². The maximum Gasteiger partial charge on any atom is 0.256 e. The molecule has 30 heavy (non-hydrogen) atoms. The van der Waals surface area contributed by atoms with Crippen LogP contribution in [0.4, 0.5) is 5.69 Å². The highest BCUT2D eigenvalue weighted by Crippen LogP contribution is 2.32. The molecule has 0 bridgehead atoms. The molecule has 3 heterocycles. The molecular weight excluding hydrogens is 400 g/mol. The Bertz CT molecular complexity index is 1230. The van der Waals surface area contributed by atoms with Gasteiger partial charge in [-0.15, -0.1) is 0 Å². The fourth-order valence-corrected chi connectivity index (χ4v) is 5.65. The third-order valence-corrected chi connectivity index (χ3v) is 7.77. The van der Waals surface area contributed by atoms with Crippen molar-refractivity contribution in [1.82, 2.24) is 14.5 Å². The molecule has 8 heteroatoms. The van der Waals surface area contributed by atoms with Crippen LogP contribution in [0.15, 0.2) is 42.5 Å². The van der Waals surface area contributed by atoms with Gasteiger partial charge >= 0.3 is 0 Å². The Kier molecular flexibility index (Phi) is 4.54. The van der Waals surface area contributed by atoms with Crippen LogP contribution < -0.4 is 4.90 Å². The van der Waals surface area contributed by atoms with Crippen LogP contribution in [0, 0.1) is 0 Å². The normalized spacial score (nSPS) is 18.2. The Hall–Kier alpha value is -2.87. The molecule has 2 aromatic carbocycles. The van der Waals surface area contributed by atoms with E-state index in [4.69, 9.17) is 4.98 Å². The first-order valence-corrected chi connectivity index (χ1v) is 12.0. The topological polar surface area (TPSA) is 75.5 Å². The smallest absolute Gasteiger partial charge is 0.256 e. The van der Waals surface area contributed by atoms with Crippen LogP contribution in [-0.4, -0.2) is 59.9 Å². The summed E-state index contributed by atoms with van der Waals surface area (Å²) in [5.74, 6) is 1.26. The predicted molar refractivity (Wildman–Crippen MR) is 116 cm³/mol. The van der Waals surface area contributed by atoms with Gasteiger partial charge in [-0.3, -0.25) is 4.79 Å². The second-order valence-electron chi connectivity index (χ2n) is 8.00. The van der Waals surface area contributed by atoms with Crippen LogP contribution >= 0.6 is 0 Å². The van der Waals surface area contributed by atoms with Crippen molar-refractivity contribution in [3.05, 3.63) is 59.4 Å². The quantitative estimate of drug-likeness (QED) is 0.640. The highest BCUT2D eigenvalue weighted by molar-refractivity contribution is 7.91. The van der Waals surface area contributed by atoms with Gasteiger partial charge in [0.25, 0.3) is 5.91 Å². The zero-order valence-corrected chi connectivity index (χ0v) is 17.7. The molecule has 0 radical (unpaired) electrons. The zero-order valence-electron chi connectivity index (χ0n) is 16.9. The first-order chi connectivity index (χ1) is 14.4. The summed E-state index contributed by atoms with van der Waals surface area (Å²) in [5, 5.41) is 0. The van der Waals surface area contributed by atoms with E-state index in [1.165, 1.54) is 0 Å². The fourth-order valence-electron chi connectivity index (χ4n) is 4.45. The van der Waals surface area contributed by atoms with E-state index in [1.807, 2.05) is 59.3 Å². The van der Waals surface area contributed by atoms with Crippen LogP contribution in [0.2, 0.25) is 0 Å². The summed E-state index contributed by atoms with van der Waals surface area (Å²) in [4.78, 5) is 21.8. The van der Waals surface area contributed by atoms with E-state index in [9.17, 15) is 13.2 Å². The van der Waals surface area contributed by atoms with Crippen molar-refractivity contribution in [3.63, 3.8) is 0 Å². The maximum absolute atomic E-state index is 13.2. The lowest BCUT2D eigenvalue weighted by Crippen LogP contribution is -2.41. The molecule has 0 spiro atoms. The number of benzene rings is 2. The largest absolute Gasteiger partial charge is 0.369 e. The van der Waals surface area contributed by atoms with Crippen molar-refractivity contribution in [1.29, 1.82) is 0 Å². The zero-order chi connectivity index (χ0) is 20.9. The molecule has 0 unspecified atom stereocenters. The van der Waals surface area contributed by atoms with Gasteiger partial charge < -0.3 is 14.4 Å². The molecule has 156 valence electrons. The van der Waals surface area contributed by atoms with Crippen LogP contribution in [0.5, 0.6) is 0 Å². The van der Waals surface area contributed by atoms with E-state index < -0.39 is 9.84 Å². The number of sulfone groups is 1. The van der Waals surface area contributed by atoms with Crippen molar-refractivity contribution >= 4 is 32.5 Å². The number of hydrogen-bond donors (Lipinski definition) is 0. The van der Waals surface area contributed by atoms with Gasteiger partial charge in [0, 0.05) is 45.3 Å². The number of carbonyl (C=O) groups excluding carboxylic acids is 1. The minimum atomic E-state index is -2.96. The van der Waals surface area contributed by atoms with Crippen LogP contribution in [0.25, 0.3) is 11.0 Å². The van der Waals surface area contributed by atoms with Crippen molar-refractivity contribution in [2.24, 2.45) is 7.05 Å². The number of anilines is 1. The molecule has 5 rings (SSSR count). The van der Waals surface area contributed by atoms with Gasteiger partial charge in [0.15, 0.2) is 9.84 Å². The summed E-state index contributed by atoms with van der Waals surface area (Å²) >= 11 is 0. The number of nitrogens with zero attached hydrogens (tertiary/aromatic N) is 4. The molecule has 1 amide bonds. The standard InChI is InChI=1S/C22H24N4O3S/c1-24-18-7-3-2-6-17(18)23-20(24)9-10-26-15-16-5-4-8-19(21(16)22(26)27)25-11-13-30(28,29)14-12-25/h2-8H,9-15H2,1H3. The number of para-hydroxylation sites is 2. The summed E-state index contributed by atoms with van der Waals surface area (Å²) in [5.41, 5.74) is 4.65. The summed E-state index contributed by atoms with van der Waals surface area (Å²) in [6.07, 6.45) is 0.683. The van der Waals surface area contributed by atoms with Gasteiger partial charge in [0.05, 0.1) is 28.1 Å². The molecule has 0 saturated carbocycles. The van der Waals surface area contributed by atoms with E-state index in [0.29, 0.717) is 32.6 Å². The van der Waals surface area contributed by atoms with Crippen molar-refractivity contribution in [2.75, 3.05) is 36.0 Å². The molecular formula is C22H24N4O3S. The number of amides is 1. The number of aryl methyl sites for hydroxylation is 1. The van der Waals surface area contributed by atoms with Gasteiger partial charge in [0.2, 0.25) is 0 Å². The summed E-state index contributed by atoms with van der Waals surface area (Å²) < 4.78 is 25.6. The Morgan fingerprint density at radius 1 is 1.03 bits per heavy atom. The predicted octanol–water partition coefficient (Wildman–Crippen LogP) is 2.01. The molecule has 3 aromatic rings. The van der Waals surface area contributed by atoms with Gasteiger partial charge in [-0.2, -0.15) is 0 Å². The lowest BCUT2D eigenvalue weighted by Gasteiger charge is -2.30. The number of carbonyl (C=O) groups is 1. The van der Waals surface area contributed by atoms with Crippen molar-refractivity contribution in [2.45, 2.75) is 13.0 Å². The first kappa shape index (κ1) is 19.1. The number of fused-ring (bicyclic) bond motifs is 2. The van der Waals surface area contributed by atoms with E-state index in [0.717, 1.165) is 33.7 Å². The molecule has 1 saturated heterocycles. The molecule has 0 atom stereocenters. The Labute approximate surface area is 175 Å².